The van der Waals surface area contributed by atoms with E-state index in [1.54, 1.807) is 6.20 Å². The number of aryl methyl sites for hydroxylation is 2. The first-order valence-electron chi connectivity index (χ1n) is 11.0. The molecule has 0 radical (unpaired) electrons. The van der Waals surface area contributed by atoms with E-state index in [1.165, 1.54) is 37.7 Å². The van der Waals surface area contributed by atoms with Crippen molar-refractivity contribution in [2.45, 2.75) is 51.9 Å². The van der Waals surface area contributed by atoms with Crippen molar-refractivity contribution in [2.24, 2.45) is 5.92 Å². The molecule has 30 heavy (non-hydrogen) atoms. The number of aromatic nitrogens is 2. The summed E-state index contributed by atoms with van der Waals surface area (Å²) in [7, 11) is 0. The van der Waals surface area contributed by atoms with Crippen LogP contribution < -0.4 is 11.1 Å². The molecule has 3 N–H and O–H groups in total. The van der Waals surface area contributed by atoms with Crippen LogP contribution in [0.2, 0.25) is 0 Å². The van der Waals surface area contributed by atoms with E-state index in [9.17, 15) is 4.79 Å². The van der Waals surface area contributed by atoms with Gasteiger partial charge in [0.05, 0.1) is 5.52 Å². The lowest BCUT2D eigenvalue weighted by molar-refractivity contribution is -0.121. The predicted molar refractivity (Wildman–Crippen MR) is 122 cm³/mol. The number of amides is 1. The van der Waals surface area contributed by atoms with Crippen molar-refractivity contribution >= 4 is 22.6 Å². The van der Waals surface area contributed by atoms with Gasteiger partial charge in [0, 0.05) is 36.3 Å². The van der Waals surface area contributed by atoms with Crippen molar-refractivity contribution in [2.75, 3.05) is 12.3 Å². The van der Waals surface area contributed by atoms with E-state index in [2.05, 4.69) is 40.4 Å². The third kappa shape index (κ3) is 4.78. The number of carbonyl (C=O) groups excluding carboxylic acids is 1. The first-order chi connectivity index (χ1) is 14.6. The summed E-state index contributed by atoms with van der Waals surface area (Å²) in [5.41, 5.74) is 11.4. The summed E-state index contributed by atoms with van der Waals surface area (Å²) in [6, 6.07) is 10.3. The van der Waals surface area contributed by atoms with Gasteiger partial charge >= 0.3 is 0 Å². The Kier molecular flexibility index (Phi) is 6.26. The Morgan fingerprint density at radius 3 is 2.80 bits per heavy atom. The second-order valence-electron chi connectivity index (χ2n) is 8.44. The molecule has 1 aromatic carbocycles. The standard InChI is InChI=1S/C25H30N4O/c1-17-11-12-27-16-22(17)19-7-9-23-21(13-19)14-20(25(26)29-23)8-10-24(30)28-15-18-5-3-2-4-6-18/h7,9,11-14,16,18H,2-6,8,10,15H2,1H3,(H2,26,29)(H,28,30). The van der Waals surface area contributed by atoms with Crippen LogP contribution in [0.5, 0.6) is 0 Å². The maximum Gasteiger partial charge on any atom is 0.220 e. The Balaban J connectivity index is 1.45. The summed E-state index contributed by atoms with van der Waals surface area (Å²) < 4.78 is 0. The Labute approximate surface area is 178 Å². The number of nitrogen functional groups attached to an aromatic ring is 1. The van der Waals surface area contributed by atoms with Gasteiger partial charge in [-0.2, -0.15) is 0 Å². The normalized spacial score (nSPS) is 14.7. The summed E-state index contributed by atoms with van der Waals surface area (Å²) in [5.74, 6) is 1.25. The molecule has 1 saturated carbocycles. The molecular formula is C25H30N4O. The number of hydrogen-bond donors (Lipinski definition) is 2. The fourth-order valence-electron chi connectivity index (χ4n) is 4.36. The smallest absolute Gasteiger partial charge is 0.220 e. The SMILES string of the molecule is Cc1ccncc1-c1ccc2nc(N)c(CCC(=O)NCC3CCCCC3)cc2c1. The molecule has 0 unspecified atom stereocenters. The van der Waals surface area contributed by atoms with Crippen LogP contribution in [0.25, 0.3) is 22.0 Å². The van der Waals surface area contributed by atoms with Crippen LogP contribution >= 0.6 is 0 Å². The fourth-order valence-corrected chi connectivity index (χ4v) is 4.36. The number of benzene rings is 1. The van der Waals surface area contributed by atoms with Crippen LogP contribution in [-0.4, -0.2) is 22.4 Å². The van der Waals surface area contributed by atoms with Crippen LogP contribution in [0.15, 0.2) is 42.7 Å². The van der Waals surface area contributed by atoms with Gasteiger partial charge in [0.25, 0.3) is 0 Å². The molecular weight excluding hydrogens is 372 g/mol. The number of pyridine rings is 2. The van der Waals surface area contributed by atoms with Crippen molar-refractivity contribution in [1.29, 1.82) is 0 Å². The number of nitrogens with one attached hydrogen (secondary N) is 1. The fraction of sp³-hybridized carbons (Fsp3) is 0.400. The van der Waals surface area contributed by atoms with E-state index in [1.807, 2.05) is 18.3 Å². The molecule has 5 heteroatoms. The third-order valence-corrected chi connectivity index (χ3v) is 6.21. The Morgan fingerprint density at radius 1 is 1.17 bits per heavy atom. The molecule has 4 rings (SSSR count). The maximum absolute atomic E-state index is 12.3. The summed E-state index contributed by atoms with van der Waals surface area (Å²) in [4.78, 5) is 21.1. The first-order valence-corrected chi connectivity index (χ1v) is 11.0. The van der Waals surface area contributed by atoms with Crippen LogP contribution in [0.1, 0.15) is 49.7 Å². The van der Waals surface area contributed by atoms with Crippen molar-refractivity contribution in [3.8, 4) is 11.1 Å². The number of nitrogens with two attached hydrogens (primary N) is 1. The average molecular weight is 403 g/mol. The predicted octanol–water partition coefficient (Wildman–Crippen LogP) is 4.82. The molecule has 0 atom stereocenters. The minimum atomic E-state index is 0.0970. The van der Waals surface area contributed by atoms with Crippen LogP contribution in [0, 0.1) is 12.8 Å². The highest BCUT2D eigenvalue weighted by molar-refractivity contribution is 5.87. The van der Waals surface area contributed by atoms with Gasteiger partial charge in [-0.3, -0.25) is 9.78 Å². The zero-order chi connectivity index (χ0) is 20.9. The van der Waals surface area contributed by atoms with Crippen LogP contribution in [0.4, 0.5) is 5.82 Å². The second kappa shape index (κ2) is 9.24. The molecule has 1 aliphatic rings. The van der Waals surface area contributed by atoms with E-state index in [4.69, 9.17) is 5.73 Å². The van der Waals surface area contributed by atoms with Gasteiger partial charge in [-0.15, -0.1) is 0 Å². The van der Waals surface area contributed by atoms with Crippen molar-refractivity contribution in [3.05, 3.63) is 53.9 Å². The zero-order valence-electron chi connectivity index (χ0n) is 17.7. The Morgan fingerprint density at radius 2 is 2.00 bits per heavy atom. The molecule has 5 nitrogen and oxygen atoms in total. The molecule has 156 valence electrons. The molecule has 0 aliphatic heterocycles. The van der Waals surface area contributed by atoms with E-state index in [0.29, 0.717) is 24.6 Å². The molecule has 0 saturated heterocycles. The van der Waals surface area contributed by atoms with E-state index < -0.39 is 0 Å². The largest absolute Gasteiger partial charge is 0.383 e. The summed E-state index contributed by atoms with van der Waals surface area (Å²) in [5, 5.41) is 4.14. The van der Waals surface area contributed by atoms with Crippen molar-refractivity contribution in [3.63, 3.8) is 0 Å². The van der Waals surface area contributed by atoms with Gasteiger partial charge in [-0.1, -0.05) is 25.3 Å². The zero-order valence-corrected chi connectivity index (χ0v) is 17.7. The Bertz CT molecular complexity index is 1040. The molecule has 1 amide bonds. The minimum absolute atomic E-state index is 0.0970. The van der Waals surface area contributed by atoms with Gasteiger partial charge in [0.2, 0.25) is 5.91 Å². The highest BCUT2D eigenvalue weighted by Gasteiger charge is 2.15. The molecule has 0 bridgehead atoms. The summed E-state index contributed by atoms with van der Waals surface area (Å²) in [6.07, 6.45) is 11.1. The molecule has 2 aromatic heterocycles. The second-order valence-corrected chi connectivity index (χ2v) is 8.44. The van der Waals surface area contributed by atoms with Gasteiger partial charge in [0.1, 0.15) is 5.82 Å². The highest BCUT2D eigenvalue weighted by Crippen LogP contribution is 2.28. The lowest BCUT2D eigenvalue weighted by atomic mass is 9.89. The third-order valence-electron chi connectivity index (χ3n) is 6.21. The van der Waals surface area contributed by atoms with Gasteiger partial charge in [0.15, 0.2) is 0 Å². The number of hydrogen-bond acceptors (Lipinski definition) is 4. The number of nitrogens with zero attached hydrogens (tertiary/aromatic N) is 2. The van der Waals surface area contributed by atoms with Gasteiger partial charge < -0.3 is 11.1 Å². The van der Waals surface area contributed by atoms with Gasteiger partial charge in [-0.25, -0.2) is 4.98 Å². The molecule has 0 spiro atoms. The van der Waals surface area contributed by atoms with E-state index in [0.717, 1.165) is 34.1 Å². The number of carbonyl (C=O) groups is 1. The topological polar surface area (TPSA) is 80.9 Å². The average Bonchev–Trinajstić information content (AvgIpc) is 2.77. The van der Waals surface area contributed by atoms with Crippen LogP contribution in [-0.2, 0) is 11.2 Å². The molecule has 1 fully saturated rings. The quantitative estimate of drug-likeness (QED) is 0.620. The molecule has 1 aliphatic carbocycles. The monoisotopic (exact) mass is 402 g/mol. The molecule has 3 aromatic rings. The highest BCUT2D eigenvalue weighted by atomic mass is 16.1. The van der Waals surface area contributed by atoms with Crippen molar-refractivity contribution < 1.29 is 4.79 Å². The minimum Gasteiger partial charge on any atom is -0.383 e. The summed E-state index contributed by atoms with van der Waals surface area (Å²) >= 11 is 0. The maximum atomic E-state index is 12.3. The van der Waals surface area contributed by atoms with Gasteiger partial charge in [-0.05, 0) is 73.1 Å². The van der Waals surface area contributed by atoms with Crippen LogP contribution in [0.3, 0.4) is 0 Å². The van der Waals surface area contributed by atoms with Crippen molar-refractivity contribution in [1.82, 2.24) is 15.3 Å². The lowest BCUT2D eigenvalue weighted by Crippen LogP contribution is -2.30. The molecule has 2 heterocycles. The van der Waals surface area contributed by atoms with E-state index >= 15 is 0 Å². The summed E-state index contributed by atoms with van der Waals surface area (Å²) in [6.45, 7) is 2.89. The number of rotatable bonds is 6. The first kappa shape index (κ1) is 20.3. The lowest BCUT2D eigenvalue weighted by Gasteiger charge is -2.21. The Hall–Kier alpha value is -2.95. The van der Waals surface area contributed by atoms with E-state index in [-0.39, 0.29) is 5.91 Å². The number of anilines is 1. The number of fused-ring (bicyclic) bond motifs is 1.